The molecule has 1 atom stereocenters. The first kappa shape index (κ1) is 27.2. The maximum absolute atomic E-state index is 13.1. The Bertz CT molecular complexity index is 1480. The number of thiazole rings is 1. The van der Waals surface area contributed by atoms with E-state index in [-0.39, 0.29) is 36.3 Å². The maximum atomic E-state index is 13.1. The molecule has 1 unspecified atom stereocenters. The second kappa shape index (κ2) is 11.3. The second-order valence-electron chi connectivity index (χ2n) is 9.07. The number of sulfonamides is 1. The van der Waals surface area contributed by atoms with E-state index in [0.29, 0.717) is 11.4 Å². The zero-order valence-corrected chi connectivity index (χ0v) is 23.0. The van der Waals surface area contributed by atoms with Crippen LogP contribution in [0.15, 0.2) is 46.3 Å². The first-order valence-electron chi connectivity index (χ1n) is 12.1. The lowest BCUT2D eigenvalue weighted by Crippen LogP contribution is -2.34. The van der Waals surface area contributed by atoms with Gasteiger partial charge in [0.15, 0.2) is 4.80 Å². The van der Waals surface area contributed by atoms with Crippen LogP contribution in [0.1, 0.15) is 41.3 Å². The highest BCUT2D eigenvalue weighted by atomic mass is 32.2. The van der Waals surface area contributed by atoms with Gasteiger partial charge in [-0.25, -0.2) is 8.42 Å². The summed E-state index contributed by atoms with van der Waals surface area (Å²) in [5, 5.41) is 0. The zero-order valence-electron chi connectivity index (χ0n) is 21.4. The summed E-state index contributed by atoms with van der Waals surface area (Å²) in [7, 11) is -2.20. The number of rotatable bonds is 8. The van der Waals surface area contributed by atoms with Crippen molar-refractivity contribution in [1.82, 2.24) is 8.87 Å². The number of ether oxygens (including phenoxy) is 2. The summed E-state index contributed by atoms with van der Waals surface area (Å²) in [6.45, 7) is 6.79. The van der Waals surface area contributed by atoms with Gasteiger partial charge >= 0.3 is 5.97 Å². The lowest BCUT2D eigenvalue weighted by molar-refractivity contribution is -0.143. The van der Waals surface area contributed by atoms with E-state index < -0.39 is 21.9 Å². The third kappa shape index (κ3) is 6.01. The van der Waals surface area contributed by atoms with Crippen molar-refractivity contribution in [2.45, 2.75) is 51.2 Å². The van der Waals surface area contributed by atoms with Crippen molar-refractivity contribution in [3.05, 3.63) is 57.9 Å². The van der Waals surface area contributed by atoms with Gasteiger partial charge < -0.3 is 14.0 Å². The highest BCUT2D eigenvalue weighted by Crippen LogP contribution is 2.24. The Morgan fingerprint density at radius 3 is 2.59 bits per heavy atom. The molecular weight excluding hydrogens is 514 g/mol. The molecule has 2 aromatic carbocycles. The van der Waals surface area contributed by atoms with Crippen molar-refractivity contribution in [1.29, 1.82) is 0 Å². The molecule has 4 rings (SSSR count). The Morgan fingerprint density at radius 2 is 1.95 bits per heavy atom. The highest BCUT2D eigenvalue weighted by molar-refractivity contribution is 7.89. The summed E-state index contributed by atoms with van der Waals surface area (Å²) in [6.07, 6.45) is 1.66. The summed E-state index contributed by atoms with van der Waals surface area (Å²) in [5.41, 5.74) is 3.10. The number of carbonyl (C=O) groups excluding carboxylic acids is 2. The monoisotopic (exact) mass is 545 g/mol. The Balaban J connectivity index is 1.64. The fourth-order valence-corrected chi connectivity index (χ4v) is 6.64. The molecule has 37 heavy (non-hydrogen) atoms. The molecule has 1 aromatic heterocycles. The lowest BCUT2D eigenvalue weighted by atomic mass is 10.1. The molecule has 9 nitrogen and oxygen atoms in total. The van der Waals surface area contributed by atoms with Gasteiger partial charge in [0.2, 0.25) is 10.0 Å². The molecular formula is C26H31N3O6S2. The molecule has 1 fully saturated rings. The molecule has 3 aromatic rings. The van der Waals surface area contributed by atoms with Crippen LogP contribution in [0.2, 0.25) is 0 Å². The molecule has 0 saturated carbocycles. The van der Waals surface area contributed by atoms with Gasteiger partial charge in [-0.2, -0.15) is 9.30 Å². The minimum Gasteiger partial charge on any atom is -0.465 e. The van der Waals surface area contributed by atoms with Gasteiger partial charge in [0.05, 0.1) is 27.8 Å². The number of aryl methyl sites for hydroxylation is 2. The van der Waals surface area contributed by atoms with Crippen LogP contribution in [0.3, 0.4) is 0 Å². The largest absolute Gasteiger partial charge is 0.465 e. The first-order chi connectivity index (χ1) is 17.6. The van der Waals surface area contributed by atoms with Crippen molar-refractivity contribution in [3.8, 4) is 0 Å². The van der Waals surface area contributed by atoms with Crippen molar-refractivity contribution in [2.75, 3.05) is 26.8 Å². The molecule has 0 bridgehead atoms. The Morgan fingerprint density at radius 1 is 1.22 bits per heavy atom. The number of nitrogens with zero attached hydrogens (tertiary/aromatic N) is 3. The molecule has 11 heteroatoms. The van der Waals surface area contributed by atoms with Gasteiger partial charge in [-0.3, -0.25) is 9.59 Å². The standard InChI is InChI=1S/C26H31N3O6S2/c1-5-34-23(30)16-29-22-14-17(2)13-18(3)24(22)36-26(29)27-25(31)19-8-10-21(11-9-19)37(32,33)28(4)15-20-7-6-12-35-20/h8-11,13-14,20H,5-7,12,15-16H2,1-4H3. The summed E-state index contributed by atoms with van der Waals surface area (Å²) in [5.74, 6) is -0.952. The molecule has 0 N–H and O–H groups in total. The van der Waals surface area contributed by atoms with Crippen LogP contribution in [-0.4, -0.2) is 62.1 Å². The molecule has 0 aliphatic carbocycles. The normalized spacial score (nSPS) is 16.6. The fraction of sp³-hybridized carbons (Fsp3) is 0.423. The third-order valence-corrected chi connectivity index (χ3v) is 9.27. The van der Waals surface area contributed by atoms with E-state index >= 15 is 0 Å². The molecule has 1 amide bonds. The van der Waals surface area contributed by atoms with Gasteiger partial charge in [0, 0.05) is 25.8 Å². The van der Waals surface area contributed by atoms with Crippen LogP contribution in [-0.2, 0) is 30.8 Å². The van der Waals surface area contributed by atoms with Crippen LogP contribution in [0.5, 0.6) is 0 Å². The van der Waals surface area contributed by atoms with Crippen LogP contribution in [0.25, 0.3) is 10.2 Å². The topological polar surface area (TPSA) is 107 Å². The smallest absolute Gasteiger partial charge is 0.326 e. The average molecular weight is 546 g/mol. The van der Waals surface area contributed by atoms with E-state index in [0.717, 1.165) is 34.2 Å². The first-order valence-corrected chi connectivity index (χ1v) is 14.4. The summed E-state index contributed by atoms with van der Waals surface area (Å²) in [4.78, 5) is 30.1. The van der Waals surface area contributed by atoms with Crippen molar-refractivity contribution in [3.63, 3.8) is 0 Å². The van der Waals surface area contributed by atoms with Crippen LogP contribution in [0.4, 0.5) is 0 Å². The second-order valence-corrected chi connectivity index (χ2v) is 12.1. The van der Waals surface area contributed by atoms with E-state index in [1.165, 1.54) is 47.0 Å². The number of fused-ring (bicyclic) bond motifs is 1. The SMILES string of the molecule is CCOC(=O)Cn1c(=NC(=O)c2ccc(S(=O)(=O)N(C)CC3CCCO3)cc2)sc2c(C)cc(C)cc21. The molecule has 1 aliphatic rings. The van der Waals surface area contributed by atoms with Gasteiger partial charge in [-0.1, -0.05) is 17.4 Å². The number of hydrogen-bond donors (Lipinski definition) is 0. The van der Waals surface area contributed by atoms with Crippen molar-refractivity contribution < 1.29 is 27.5 Å². The van der Waals surface area contributed by atoms with E-state index in [9.17, 15) is 18.0 Å². The highest BCUT2D eigenvalue weighted by Gasteiger charge is 2.26. The Kier molecular flexibility index (Phi) is 8.27. The fourth-order valence-electron chi connectivity index (χ4n) is 4.36. The molecule has 1 aliphatic heterocycles. The third-order valence-electron chi connectivity index (χ3n) is 6.20. The number of aromatic nitrogens is 1. The predicted octanol–water partition coefficient (Wildman–Crippen LogP) is 3.42. The number of hydrogen-bond acceptors (Lipinski definition) is 7. The molecule has 0 spiro atoms. The number of likely N-dealkylation sites (N-methyl/N-ethyl adjacent to an activating group) is 1. The number of amides is 1. The van der Waals surface area contributed by atoms with Gasteiger partial charge in [0.1, 0.15) is 6.54 Å². The average Bonchev–Trinajstić information content (AvgIpc) is 3.48. The predicted molar refractivity (Wildman–Crippen MR) is 141 cm³/mol. The van der Waals surface area contributed by atoms with E-state index in [2.05, 4.69) is 4.99 Å². The maximum Gasteiger partial charge on any atom is 0.326 e. The summed E-state index contributed by atoms with van der Waals surface area (Å²) < 4.78 is 40.5. The molecule has 198 valence electrons. The van der Waals surface area contributed by atoms with E-state index in [4.69, 9.17) is 9.47 Å². The minimum absolute atomic E-state index is 0.0723. The quantitative estimate of drug-likeness (QED) is 0.402. The van der Waals surface area contributed by atoms with Crippen LogP contribution < -0.4 is 4.80 Å². The number of benzene rings is 2. The number of esters is 1. The summed E-state index contributed by atoms with van der Waals surface area (Å²) in [6, 6.07) is 9.72. The van der Waals surface area contributed by atoms with Crippen molar-refractivity contribution in [2.24, 2.45) is 4.99 Å². The van der Waals surface area contributed by atoms with Gasteiger partial charge in [-0.15, -0.1) is 0 Å². The van der Waals surface area contributed by atoms with Crippen LogP contribution >= 0.6 is 11.3 Å². The molecule has 1 saturated heterocycles. The van der Waals surface area contributed by atoms with E-state index in [1.807, 2.05) is 26.0 Å². The van der Waals surface area contributed by atoms with Gasteiger partial charge in [-0.05, 0) is 75.1 Å². The van der Waals surface area contributed by atoms with Gasteiger partial charge in [0.25, 0.3) is 5.91 Å². The summed E-state index contributed by atoms with van der Waals surface area (Å²) >= 11 is 1.32. The minimum atomic E-state index is -3.72. The molecule has 2 heterocycles. The van der Waals surface area contributed by atoms with Crippen LogP contribution in [0, 0.1) is 13.8 Å². The van der Waals surface area contributed by atoms with Crippen molar-refractivity contribution >= 4 is 43.5 Å². The van der Waals surface area contributed by atoms with E-state index in [1.54, 1.807) is 11.5 Å². The lowest BCUT2D eigenvalue weighted by Gasteiger charge is -2.20. The molecule has 0 radical (unpaired) electrons. The number of carbonyl (C=O) groups is 2. The zero-order chi connectivity index (χ0) is 26.7. The Labute approximate surface area is 220 Å². The Hall–Kier alpha value is -2.86.